The average Bonchev–Trinajstić information content (AvgIpc) is 3.10. The van der Waals surface area contributed by atoms with Crippen molar-refractivity contribution >= 4 is 34.1 Å². The van der Waals surface area contributed by atoms with Crippen molar-refractivity contribution < 1.29 is 18.3 Å². The number of anilines is 1. The van der Waals surface area contributed by atoms with Gasteiger partial charge in [0.05, 0.1) is 18.6 Å². The molecule has 0 aliphatic heterocycles. The molecule has 0 bridgehead atoms. The summed E-state index contributed by atoms with van der Waals surface area (Å²) in [5, 5.41) is 4.57. The van der Waals surface area contributed by atoms with Gasteiger partial charge in [-0.1, -0.05) is 6.07 Å². The summed E-state index contributed by atoms with van der Waals surface area (Å²) < 4.78 is 32.2. The number of carbonyl (C=O) groups is 1. The Hall–Kier alpha value is -2.45. The number of hydrogen-bond acceptors (Lipinski definition) is 5. The van der Waals surface area contributed by atoms with Gasteiger partial charge in [0.2, 0.25) is 5.91 Å². The molecule has 3 rings (SSSR count). The highest BCUT2D eigenvalue weighted by molar-refractivity contribution is 8.00. The molecule has 1 amide bonds. The van der Waals surface area contributed by atoms with Crippen LogP contribution in [-0.2, 0) is 4.79 Å². The van der Waals surface area contributed by atoms with Gasteiger partial charge in [-0.2, -0.15) is 0 Å². The molecule has 0 radical (unpaired) electrons. The van der Waals surface area contributed by atoms with Crippen LogP contribution in [0.4, 0.5) is 13.9 Å². The summed E-state index contributed by atoms with van der Waals surface area (Å²) in [6.45, 7) is 0. The highest BCUT2D eigenvalue weighted by atomic mass is 32.2. The Morgan fingerprint density at radius 1 is 1.27 bits per heavy atom. The third-order valence-corrected chi connectivity index (χ3v) is 5.12. The summed E-state index contributed by atoms with van der Waals surface area (Å²) in [6.07, 6.45) is 0. The number of rotatable bonds is 6. The molecule has 0 spiro atoms. The molecule has 0 atom stereocenters. The Morgan fingerprint density at radius 2 is 2.12 bits per heavy atom. The van der Waals surface area contributed by atoms with Crippen LogP contribution < -0.4 is 10.1 Å². The van der Waals surface area contributed by atoms with Crippen LogP contribution in [0.15, 0.2) is 52.7 Å². The Labute approximate surface area is 157 Å². The number of thioether (sulfide) groups is 1. The maximum absolute atomic E-state index is 13.8. The first-order valence-electron chi connectivity index (χ1n) is 7.53. The minimum Gasteiger partial charge on any atom is -0.497 e. The van der Waals surface area contributed by atoms with E-state index in [1.165, 1.54) is 11.8 Å². The standard InChI is InChI=1S/C18H14F2N2O2S2/c1-24-12-3-2-4-13(8-12)25-10-17(23)22-18-21-16(9-26-18)14-7-11(19)5-6-15(14)20/h2-9H,10H2,1H3,(H,21,22,23). The van der Waals surface area contributed by atoms with Gasteiger partial charge in [-0.3, -0.25) is 4.79 Å². The van der Waals surface area contributed by atoms with Crippen LogP contribution in [-0.4, -0.2) is 23.8 Å². The van der Waals surface area contributed by atoms with Crippen molar-refractivity contribution in [3.8, 4) is 17.0 Å². The number of thiazole rings is 1. The van der Waals surface area contributed by atoms with Crippen LogP contribution in [0.25, 0.3) is 11.3 Å². The van der Waals surface area contributed by atoms with E-state index in [0.717, 1.165) is 40.2 Å². The molecule has 1 N–H and O–H groups in total. The van der Waals surface area contributed by atoms with Gasteiger partial charge >= 0.3 is 0 Å². The first-order chi connectivity index (χ1) is 12.5. The normalized spacial score (nSPS) is 10.6. The number of amides is 1. The van der Waals surface area contributed by atoms with E-state index in [-0.39, 0.29) is 22.9 Å². The molecule has 0 fully saturated rings. The maximum Gasteiger partial charge on any atom is 0.236 e. The number of benzene rings is 2. The lowest BCUT2D eigenvalue weighted by atomic mass is 10.1. The van der Waals surface area contributed by atoms with Crippen molar-refractivity contribution in [2.75, 3.05) is 18.2 Å². The number of aromatic nitrogens is 1. The van der Waals surface area contributed by atoms with Crippen molar-refractivity contribution in [3.05, 3.63) is 59.5 Å². The number of nitrogens with one attached hydrogen (secondary N) is 1. The Kier molecular flexibility index (Phi) is 5.85. The Morgan fingerprint density at radius 3 is 2.92 bits per heavy atom. The smallest absolute Gasteiger partial charge is 0.236 e. The SMILES string of the molecule is COc1cccc(SCC(=O)Nc2nc(-c3cc(F)ccc3F)cs2)c1. The van der Waals surface area contributed by atoms with E-state index in [0.29, 0.717) is 5.13 Å². The summed E-state index contributed by atoms with van der Waals surface area (Å²) in [6, 6.07) is 10.6. The lowest BCUT2D eigenvalue weighted by Gasteiger charge is -2.04. The fraction of sp³-hybridized carbons (Fsp3) is 0.111. The van der Waals surface area contributed by atoms with Crippen molar-refractivity contribution in [3.63, 3.8) is 0 Å². The van der Waals surface area contributed by atoms with Crippen LogP contribution in [0, 0.1) is 11.6 Å². The van der Waals surface area contributed by atoms with Gasteiger partial charge in [0.1, 0.15) is 17.4 Å². The van der Waals surface area contributed by atoms with Gasteiger partial charge in [-0.15, -0.1) is 23.1 Å². The molecule has 0 aliphatic rings. The average molecular weight is 392 g/mol. The molecular weight excluding hydrogens is 378 g/mol. The van der Waals surface area contributed by atoms with E-state index in [2.05, 4.69) is 10.3 Å². The molecule has 0 saturated carbocycles. The van der Waals surface area contributed by atoms with Gasteiger partial charge in [0.15, 0.2) is 5.13 Å². The van der Waals surface area contributed by atoms with Crippen LogP contribution in [0.1, 0.15) is 0 Å². The highest BCUT2D eigenvalue weighted by Gasteiger charge is 2.12. The maximum atomic E-state index is 13.8. The minimum absolute atomic E-state index is 0.0625. The van der Waals surface area contributed by atoms with Crippen LogP contribution in [0.2, 0.25) is 0 Å². The number of ether oxygens (including phenoxy) is 1. The summed E-state index contributed by atoms with van der Waals surface area (Å²) in [5.74, 6) is -0.440. The quantitative estimate of drug-likeness (QED) is 0.611. The first kappa shape index (κ1) is 18.3. The molecule has 4 nitrogen and oxygen atoms in total. The number of nitrogens with zero attached hydrogens (tertiary/aromatic N) is 1. The second-order valence-corrected chi connectivity index (χ2v) is 7.08. The topological polar surface area (TPSA) is 51.2 Å². The monoisotopic (exact) mass is 392 g/mol. The molecule has 1 heterocycles. The number of halogens is 2. The van der Waals surface area contributed by atoms with Gasteiger partial charge in [-0.05, 0) is 36.4 Å². The molecule has 26 heavy (non-hydrogen) atoms. The van der Waals surface area contributed by atoms with Crippen molar-refractivity contribution in [1.82, 2.24) is 4.98 Å². The van der Waals surface area contributed by atoms with Crippen LogP contribution >= 0.6 is 23.1 Å². The Balaban J connectivity index is 1.61. The predicted octanol–water partition coefficient (Wildman–Crippen LogP) is 4.83. The van der Waals surface area contributed by atoms with Gasteiger partial charge in [0.25, 0.3) is 0 Å². The first-order valence-corrected chi connectivity index (χ1v) is 9.39. The van der Waals surface area contributed by atoms with Crippen LogP contribution in [0.3, 0.4) is 0 Å². The predicted molar refractivity (Wildman–Crippen MR) is 99.8 cm³/mol. The fourth-order valence-electron chi connectivity index (χ4n) is 2.14. The zero-order valence-electron chi connectivity index (χ0n) is 13.7. The lowest BCUT2D eigenvalue weighted by molar-refractivity contribution is -0.113. The fourth-order valence-corrected chi connectivity index (χ4v) is 3.61. The van der Waals surface area contributed by atoms with E-state index >= 15 is 0 Å². The molecule has 3 aromatic rings. The third kappa shape index (κ3) is 4.59. The van der Waals surface area contributed by atoms with Gasteiger partial charge in [0, 0.05) is 15.8 Å². The highest BCUT2D eigenvalue weighted by Crippen LogP contribution is 2.28. The largest absolute Gasteiger partial charge is 0.497 e. The minimum atomic E-state index is -0.567. The number of hydrogen-bond donors (Lipinski definition) is 1. The molecule has 134 valence electrons. The summed E-state index contributed by atoms with van der Waals surface area (Å²) >= 11 is 2.51. The van der Waals surface area contributed by atoms with Crippen molar-refractivity contribution in [2.24, 2.45) is 0 Å². The van der Waals surface area contributed by atoms with Crippen LogP contribution in [0.5, 0.6) is 5.75 Å². The molecular formula is C18H14F2N2O2S2. The van der Waals surface area contributed by atoms with E-state index in [1.807, 2.05) is 24.3 Å². The van der Waals surface area contributed by atoms with Crippen molar-refractivity contribution in [1.29, 1.82) is 0 Å². The molecule has 0 unspecified atom stereocenters. The summed E-state index contributed by atoms with van der Waals surface area (Å²) in [4.78, 5) is 17.1. The molecule has 8 heteroatoms. The molecule has 0 aliphatic carbocycles. The second kappa shape index (κ2) is 8.29. The number of methoxy groups -OCH3 is 1. The molecule has 2 aromatic carbocycles. The van der Waals surface area contributed by atoms with Gasteiger partial charge in [-0.25, -0.2) is 13.8 Å². The van der Waals surface area contributed by atoms with E-state index in [9.17, 15) is 13.6 Å². The number of carbonyl (C=O) groups excluding carboxylic acids is 1. The zero-order chi connectivity index (χ0) is 18.5. The summed E-state index contributed by atoms with van der Waals surface area (Å²) in [7, 11) is 1.58. The van der Waals surface area contributed by atoms with Crippen molar-refractivity contribution in [2.45, 2.75) is 4.90 Å². The molecule has 1 aromatic heterocycles. The van der Waals surface area contributed by atoms with Gasteiger partial charge < -0.3 is 10.1 Å². The third-order valence-electron chi connectivity index (χ3n) is 3.37. The lowest BCUT2D eigenvalue weighted by Crippen LogP contribution is -2.13. The van der Waals surface area contributed by atoms with E-state index in [1.54, 1.807) is 12.5 Å². The molecule has 0 saturated heterocycles. The zero-order valence-corrected chi connectivity index (χ0v) is 15.3. The second-order valence-electron chi connectivity index (χ2n) is 5.18. The van der Waals surface area contributed by atoms with E-state index in [4.69, 9.17) is 4.74 Å². The summed E-state index contributed by atoms with van der Waals surface area (Å²) in [5.41, 5.74) is 0.343. The Bertz CT molecular complexity index is 931. The van der Waals surface area contributed by atoms with E-state index < -0.39 is 11.6 Å².